The van der Waals surface area contributed by atoms with E-state index in [1.165, 1.54) is 6.07 Å². The van der Waals surface area contributed by atoms with Crippen molar-refractivity contribution in [1.29, 1.82) is 5.26 Å². The Balaban J connectivity index is 1.58. The third-order valence-electron chi connectivity index (χ3n) is 5.56. The zero-order valence-electron chi connectivity index (χ0n) is 17.6. The van der Waals surface area contributed by atoms with Gasteiger partial charge in [0.2, 0.25) is 5.95 Å². The van der Waals surface area contributed by atoms with E-state index in [0.717, 1.165) is 11.3 Å². The first-order valence-corrected chi connectivity index (χ1v) is 10.2. The molecule has 10 heteroatoms. The highest BCUT2D eigenvalue weighted by molar-refractivity contribution is 5.80. The molecule has 0 saturated carbocycles. The van der Waals surface area contributed by atoms with Crippen LogP contribution in [-0.2, 0) is 20.0 Å². The number of hydrogen-bond donors (Lipinski definition) is 2. The number of aryl methyl sites for hydroxylation is 1. The van der Waals surface area contributed by atoms with Crippen molar-refractivity contribution in [1.82, 2.24) is 24.1 Å². The van der Waals surface area contributed by atoms with Crippen molar-refractivity contribution in [3.8, 4) is 22.9 Å². The summed E-state index contributed by atoms with van der Waals surface area (Å²) in [5.74, 6) is 0.922. The number of fused-ring (bicyclic) bond motifs is 2. The molecule has 0 radical (unpaired) electrons. The Labute approximate surface area is 183 Å². The molecule has 1 atom stereocenters. The zero-order chi connectivity index (χ0) is 22.4. The van der Waals surface area contributed by atoms with Gasteiger partial charge >= 0.3 is 0 Å². The van der Waals surface area contributed by atoms with Gasteiger partial charge in [0.15, 0.2) is 5.69 Å². The number of aromatic nitrogens is 5. The molecule has 0 spiro atoms. The van der Waals surface area contributed by atoms with Crippen LogP contribution in [-0.4, -0.2) is 30.8 Å². The summed E-state index contributed by atoms with van der Waals surface area (Å²) in [6.45, 7) is 2.63. The molecule has 9 nitrogen and oxygen atoms in total. The molecule has 1 unspecified atom stereocenters. The lowest BCUT2D eigenvalue weighted by Gasteiger charge is -2.12. The summed E-state index contributed by atoms with van der Waals surface area (Å²) in [6, 6.07) is 4.90. The minimum atomic E-state index is -0.299. The van der Waals surface area contributed by atoms with Gasteiger partial charge in [-0.2, -0.15) is 10.4 Å². The quantitative estimate of drug-likeness (QED) is 0.498. The molecule has 1 aromatic carbocycles. The summed E-state index contributed by atoms with van der Waals surface area (Å²) in [7, 11) is 1.75. The van der Waals surface area contributed by atoms with Crippen LogP contribution < -0.4 is 15.8 Å². The average Bonchev–Trinajstić information content (AvgIpc) is 3.50. The van der Waals surface area contributed by atoms with Crippen LogP contribution in [0.2, 0.25) is 0 Å². The topological polar surface area (TPSA) is 119 Å². The monoisotopic (exact) mass is 432 g/mol. The van der Waals surface area contributed by atoms with E-state index in [-0.39, 0.29) is 24.1 Å². The Kier molecular flexibility index (Phi) is 4.75. The second-order valence-corrected chi connectivity index (χ2v) is 7.78. The number of ether oxygens (including phenoxy) is 1. The van der Waals surface area contributed by atoms with Crippen molar-refractivity contribution in [3.63, 3.8) is 0 Å². The maximum atomic E-state index is 14.6. The molecule has 0 fully saturated rings. The number of nitrogens with zero attached hydrogens (tertiary/aromatic N) is 6. The number of nitriles is 1. The second-order valence-electron chi connectivity index (χ2n) is 7.78. The highest BCUT2D eigenvalue weighted by Crippen LogP contribution is 2.32. The summed E-state index contributed by atoms with van der Waals surface area (Å²) in [4.78, 5) is 9.23. The van der Waals surface area contributed by atoms with E-state index in [1.54, 1.807) is 40.8 Å². The van der Waals surface area contributed by atoms with Gasteiger partial charge in [-0.25, -0.2) is 14.4 Å². The summed E-state index contributed by atoms with van der Waals surface area (Å²) in [5, 5.41) is 16.9. The highest BCUT2D eigenvalue weighted by atomic mass is 19.1. The maximum Gasteiger partial charge on any atom is 0.208 e. The first kappa shape index (κ1) is 20.0. The molecule has 0 saturated heterocycles. The number of halogens is 1. The largest absolute Gasteiger partial charge is 0.493 e. The van der Waals surface area contributed by atoms with Gasteiger partial charge in [0.05, 0.1) is 12.3 Å². The number of nitrogens with one attached hydrogen (secondary N) is 1. The van der Waals surface area contributed by atoms with Gasteiger partial charge in [0.1, 0.15) is 23.3 Å². The lowest BCUT2D eigenvalue weighted by Crippen LogP contribution is -2.10. The number of nitrogens with two attached hydrogens (primary N) is 1. The summed E-state index contributed by atoms with van der Waals surface area (Å²) < 4.78 is 23.5. The Morgan fingerprint density at radius 1 is 1.34 bits per heavy atom. The smallest absolute Gasteiger partial charge is 0.208 e. The van der Waals surface area contributed by atoms with E-state index in [2.05, 4.69) is 26.5 Å². The number of anilines is 1. The Hall–Kier alpha value is -3.97. The van der Waals surface area contributed by atoms with Crippen LogP contribution in [0.3, 0.4) is 0 Å². The maximum absolute atomic E-state index is 14.6. The fourth-order valence-corrected chi connectivity index (χ4v) is 3.98. The van der Waals surface area contributed by atoms with Gasteiger partial charge in [-0.1, -0.05) is 0 Å². The van der Waals surface area contributed by atoms with E-state index in [9.17, 15) is 9.65 Å². The molecule has 4 heterocycles. The van der Waals surface area contributed by atoms with Crippen molar-refractivity contribution in [3.05, 3.63) is 59.1 Å². The molecular formula is C22H21FN8O. The summed E-state index contributed by atoms with van der Waals surface area (Å²) >= 11 is 0. The molecule has 162 valence electrons. The van der Waals surface area contributed by atoms with Crippen molar-refractivity contribution in [2.75, 3.05) is 11.9 Å². The molecule has 3 N–H and O–H groups in total. The Morgan fingerprint density at radius 3 is 2.97 bits per heavy atom. The standard InChI is InChI=1S/C22H21FN8O/c1-12(25)19-11-31-21(28-19)15(16-10-30(2)29-18(16)7-24)9-27-22(31)26-8-14-13-5-6-32-20(13)4-3-17(14)23/h3-4,9-12H,5-6,8,25H2,1-2H3,(H,26,27). The van der Waals surface area contributed by atoms with Crippen LogP contribution in [0.1, 0.15) is 35.5 Å². The molecule has 0 aliphatic carbocycles. The third kappa shape index (κ3) is 3.23. The molecule has 1 aliphatic rings. The first-order valence-electron chi connectivity index (χ1n) is 10.2. The molecule has 4 aromatic rings. The van der Waals surface area contributed by atoms with Crippen LogP contribution in [0.4, 0.5) is 10.3 Å². The Morgan fingerprint density at radius 2 is 2.19 bits per heavy atom. The Bertz CT molecular complexity index is 1380. The molecule has 32 heavy (non-hydrogen) atoms. The fraction of sp³-hybridized carbons (Fsp3) is 0.273. The van der Waals surface area contributed by atoms with Gasteiger partial charge < -0.3 is 15.8 Å². The SMILES string of the molecule is CC(N)c1cn2c(NCc3c(F)ccc4c3CCO4)ncc(-c3cn(C)nc3C#N)c2n1. The van der Waals surface area contributed by atoms with Crippen LogP contribution in [0.25, 0.3) is 16.8 Å². The summed E-state index contributed by atoms with van der Waals surface area (Å²) in [5.41, 5.74) is 10.3. The summed E-state index contributed by atoms with van der Waals surface area (Å²) in [6.07, 6.45) is 5.87. The van der Waals surface area contributed by atoms with Crippen LogP contribution in [0.15, 0.2) is 30.7 Å². The molecule has 0 amide bonds. The van der Waals surface area contributed by atoms with E-state index < -0.39 is 0 Å². The number of imidazole rings is 1. The van der Waals surface area contributed by atoms with Crippen molar-refractivity contribution >= 4 is 11.6 Å². The van der Waals surface area contributed by atoms with Gasteiger partial charge in [-0.3, -0.25) is 9.08 Å². The predicted octanol–water partition coefficient (Wildman–Crippen LogP) is 2.71. The average molecular weight is 432 g/mol. The van der Waals surface area contributed by atoms with E-state index >= 15 is 0 Å². The van der Waals surface area contributed by atoms with Gasteiger partial charge in [-0.15, -0.1) is 0 Å². The number of hydrogen-bond acceptors (Lipinski definition) is 7. The van der Waals surface area contributed by atoms with E-state index in [0.29, 0.717) is 47.0 Å². The lowest BCUT2D eigenvalue weighted by molar-refractivity contribution is 0.356. The van der Waals surface area contributed by atoms with Gasteiger partial charge in [-0.05, 0) is 19.1 Å². The third-order valence-corrected chi connectivity index (χ3v) is 5.56. The van der Waals surface area contributed by atoms with Gasteiger partial charge in [0, 0.05) is 66.9 Å². The van der Waals surface area contributed by atoms with Crippen molar-refractivity contribution < 1.29 is 9.13 Å². The van der Waals surface area contributed by atoms with Crippen molar-refractivity contribution in [2.45, 2.75) is 25.9 Å². The van der Waals surface area contributed by atoms with Gasteiger partial charge in [0.25, 0.3) is 0 Å². The van der Waals surface area contributed by atoms with Crippen LogP contribution in [0.5, 0.6) is 5.75 Å². The van der Waals surface area contributed by atoms with Crippen LogP contribution >= 0.6 is 0 Å². The minimum Gasteiger partial charge on any atom is -0.493 e. The normalized spacial score (nSPS) is 13.6. The van der Waals surface area contributed by atoms with Crippen molar-refractivity contribution in [2.24, 2.45) is 12.8 Å². The molecule has 3 aromatic heterocycles. The lowest BCUT2D eigenvalue weighted by atomic mass is 10.0. The molecule has 0 bridgehead atoms. The highest BCUT2D eigenvalue weighted by Gasteiger charge is 2.21. The van der Waals surface area contributed by atoms with Crippen LogP contribution in [0, 0.1) is 17.1 Å². The zero-order valence-corrected chi connectivity index (χ0v) is 17.6. The number of benzene rings is 1. The van der Waals surface area contributed by atoms with E-state index in [4.69, 9.17) is 10.5 Å². The molecule has 1 aliphatic heterocycles. The minimum absolute atomic E-state index is 0.238. The predicted molar refractivity (Wildman–Crippen MR) is 115 cm³/mol. The van der Waals surface area contributed by atoms with E-state index in [1.807, 2.05) is 6.92 Å². The molecule has 5 rings (SSSR count). The number of rotatable bonds is 5. The molecular weight excluding hydrogens is 411 g/mol. The second kappa shape index (κ2) is 7.62. The fourth-order valence-electron chi connectivity index (χ4n) is 3.98. The first-order chi connectivity index (χ1) is 15.5.